The molecule has 3 aliphatic rings. The summed E-state index contributed by atoms with van der Waals surface area (Å²) in [5, 5.41) is 12.0. The number of carboxylic acid groups (broad SMARTS) is 1. The Morgan fingerprint density at radius 2 is 1.94 bits per heavy atom. The molecule has 1 amide bonds. The van der Waals surface area contributed by atoms with Gasteiger partial charge in [0.2, 0.25) is 5.91 Å². The molecule has 3 rings (SSSR count). The maximum absolute atomic E-state index is 12.2. The molecule has 0 aromatic heterocycles. The van der Waals surface area contributed by atoms with Crippen molar-refractivity contribution in [1.82, 2.24) is 5.32 Å². The summed E-state index contributed by atoms with van der Waals surface area (Å²) in [7, 11) is 0. The van der Waals surface area contributed by atoms with E-state index in [-0.39, 0.29) is 11.8 Å². The van der Waals surface area contributed by atoms with E-state index in [2.05, 4.69) is 5.32 Å². The molecule has 94 valence electrons. The maximum atomic E-state index is 12.2. The van der Waals surface area contributed by atoms with Crippen LogP contribution in [0.1, 0.15) is 44.9 Å². The molecule has 0 aliphatic heterocycles. The van der Waals surface area contributed by atoms with Crippen molar-refractivity contribution in [3.8, 4) is 0 Å². The average molecular weight is 237 g/mol. The SMILES string of the molecule is O=C(NC1(C(=O)O)CCC1)C1CC2CCC1C2. The zero-order chi connectivity index (χ0) is 12.0. The minimum Gasteiger partial charge on any atom is -0.480 e. The van der Waals surface area contributed by atoms with E-state index in [1.807, 2.05) is 0 Å². The lowest BCUT2D eigenvalue weighted by Gasteiger charge is -2.39. The second-order valence-corrected chi connectivity index (χ2v) is 6.01. The Morgan fingerprint density at radius 3 is 2.35 bits per heavy atom. The lowest BCUT2D eigenvalue weighted by Crippen LogP contribution is -2.60. The van der Waals surface area contributed by atoms with Crippen molar-refractivity contribution >= 4 is 11.9 Å². The van der Waals surface area contributed by atoms with E-state index in [0.29, 0.717) is 18.8 Å². The summed E-state index contributed by atoms with van der Waals surface area (Å²) in [6, 6.07) is 0. The van der Waals surface area contributed by atoms with Crippen LogP contribution in [0, 0.1) is 17.8 Å². The molecule has 2 bridgehead atoms. The van der Waals surface area contributed by atoms with Crippen LogP contribution in [0.5, 0.6) is 0 Å². The lowest BCUT2D eigenvalue weighted by molar-refractivity contribution is -0.152. The number of carboxylic acids is 1. The second-order valence-electron chi connectivity index (χ2n) is 6.01. The largest absolute Gasteiger partial charge is 0.480 e. The number of fused-ring (bicyclic) bond motifs is 2. The van der Waals surface area contributed by atoms with Crippen LogP contribution in [0.2, 0.25) is 0 Å². The molecule has 0 radical (unpaired) electrons. The van der Waals surface area contributed by atoms with Gasteiger partial charge in [0.1, 0.15) is 5.54 Å². The average Bonchev–Trinajstić information content (AvgIpc) is 2.83. The fraction of sp³-hybridized carbons (Fsp3) is 0.846. The van der Waals surface area contributed by atoms with E-state index in [1.54, 1.807) is 0 Å². The number of amides is 1. The van der Waals surface area contributed by atoms with Crippen molar-refractivity contribution in [3.63, 3.8) is 0 Å². The Morgan fingerprint density at radius 1 is 1.18 bits per heavy atom. The van der Waals surface area contributed by atoms with Crippen molar-refractivity contribution in [2.75, 3.05) is 0 Å². The van der Waals surface area contributed by atoms with Gasteiger partial charge >= 0.3 is 5.97 Å². The van der Waals surface area contributed by atoms with Gasteiger partial charge in [-0.1, -0.05) is 6.42 Å². The molecular formula is C13H19NO3. The van der Waals surface area contributed by atoms with Gasteiger partial charge in [-0.2, -0.15) is 0 Å². The summed E-state index contributed by atoms with van der Waals surface area (Å²) in [5.41, 5.74) is -0.932. The van der Waals surface area contributed by atoms with Crippen molar-refractivity contribution < 1.29 is 14.7 Å². The van der Waals surface area contributed by atoms with Gasteiger partial charge in [-0.05, 0) is 50.4 Å². The predicted octanol–water partition coefficient (Wildman–Crippen LogP) is 1.55. The zero-order valence-electron chi connectivity index (χ0n) is 9.95. The Bertz CT molecular complexity index is 362. The Hall–Kier alpha value is -1.06. The molecule has 2 N–H and O–H groups in total. The molecule has 3 atom stereocenters. The number of carbonyl (C=O) groups excluding carboxylic acids is 1. The van der Waals surface area contributed by atoms with Crippen LogP contribution in [0.15, 0.2) is 0 Å². The first-order valence-electron chi connectivity index (χ1n) is 6.66. The molecule has 3 saturated carbocycles. The summed E-state index contributed by atoms with van der Waals surface area (Å²) in [5.74, 6) is 0.467. The highest BCUT2D eigenvalue weighted by molar-refractivity contribution is 5.89. The van der Waals surface area contributed by atoms with E-state index in [9.17, 15) is 14.7 Å². The fourth-order valence-corrected chi connectivity index (χ4v) is 3.82. The summed E-state index contributed by atoms with van der Waals surface area (Å²) < 4.78 is 0. The minimum atomic E-state index is -0.932. The Balaban J connectivity index is 1.65. The van der Waals surface area contributed by atoms with Crippen molar-refractivity contribution in [1.29, 1.82) is 0 Å². The van der Waals surface area contributed by atoms with Crippen LogP contribution in [0.4, 0.5) is 0 Å². The fourth-order valence-electron chi connectivity index (χ4n) is 3.82. The number of carbonyl (C=O) groups is 2. The molecule has 4 heteroatoms. The van der Waals surface area contributed by atoms with Crippen LogP contribution in [0.25, 0.3) is 0 Å². The predicted molar refractivity (Wildman–Crippen MR) is 61.3 cm³/mol. The van der Waals surface area contributed by atoms with E-state index in [0.717, 1.165) is 25.2 Å². The van der Waals surface area contributed by atoms with Gasteiger partial charge in [-0.3, -0.25) is 4.79 Å². The first-order valence-corrected chi connectivity index (χ1v) is 6.66. The van der Waals surface area contributed by atoms with Crippen LogP contribution in [-0.2, 0) is 9.59 Å². The first-order chi connectivity index (χ1) is 8.11. The summed E-state index contributed by atoms with van der Waals surface area (Å²) in [6.07, 6.45) is 6.67. The van der Waals surface area contributed by atoms with Crippen LogP contribution in [-0.4, -0.2) is 22.5 Å². The monoisotopic (exact) mass is 237 g/mol. The third kappa shape index (κ3) is 1.65. The maximum Gasteiger partial charge on any atom is 0.329 e. The van der Waals surface area contributed by atoms with E-state index < -0.39 is 11.5 Å². The number of aliphatic carboxylic acids is 1. The van der Waals surface area contributed by atoms with E-state index >= 15 is 0 Å². The number of nitrogens with one attached hydrogen (secondary N) is 1. The van der Waals surface area contributed by atoms with Gasteiger partial charge in [0, 0.05) is 5.92 Å². The molecular weight excluding hydrogens is 218 g/mol. The first kappa shape index (κ1) is 11.1. The highest BCUT2D eigenvalue weighted by Gasteiger charge is 2.49. The lowest BCUT2D eigenvalue weighted by atomic mass is 9.76. The summed E-state index contributed by atoms with van der Waals surface area (Å²) in [4.78, 5) is 23.4. The van der Waals surface area contributed by atoms with Crippen molar-refractivity contribution in [2.45, 2.75) is 50.5 Å². The van der Waals surface area contributed by atoms with E-state index in [4.69, 9.17) is 0 Å². The Kier molecular flexibility index (Phi) is 2.42. The van der Waals surface area contributed by atoms with Crippen LogP contribution in [0.3, 0.4) is 0 Å². The highest BCUT2D eigenvalue weighted by Crippen LogP contribution is 2.48. The smallest absolute Gasteiger partial charge is 0.329 e. The van der Waals surface area contributed by atoms with Crippen LogP contribution >= 0.6 is 0 Å². The van der Waals surface area contributed by atoms with Gasteiger partial charge in [0.15, 0.2) is 0 Å². The number of rotatable bonds is 3. The van der Waals surface area contributed by atoms with Gasteiger partial charge in [-0.15, -0.1) is 0 Å². The Labute approximate surface area is 101 Å². The molecule has 0 aromatic rings. The van der Waals surface area contributed by atoms with Gasteiger partial charge in [0.25, 0.3) is 0 Å². The third-order valence-corrected chi connectivity index (χ3v) is 5.05. The molecule has 4 nitrogen and oxygen atoms in total. The molecule has 0 saturated heterocycles. The highest BCUT2D eigenvalue weighted by atomic mass is 16.4. The summed E-state index contributed by atoms with van der Waals surface area (Å²) in [6.45, 7) is 0. The minimum absolute atomic E-state index is 0.000648. The molecule has 17 heavy (non-hydrogen) atoms. The number of hydrogen-bond acceptors (Lipinski definition) is 2. The summed E-state index contributed by atoms with van der Waals surface area (Å²) >= 11 is 0. The standard InChI is InChI=1S/C13H19NO3/c15-11(10-7-8-2-3-9(10)6-8)14-13(12(16)17)4-1-5-13/h8-10H,1-7H2,(H,14,15)(H,16,17). The second kappa shape index (κ2) is 3.72. The van der Waals surface area contributed by atoms with Gasteiger partial charge < -0.3 is 10.4 Å². The van der Waals surface area contributed by atoms with Gasteiger partial charge in [-0.25, -0.2) is 4.79 Å². The molecule has 0 spiro atoms. The van der Waals surface area contributed by atoms with E-state index in [1.165, 1.54) is 12.8 Å². The van der Waals surface area contributed by atoms with Crippen LogP contribution < -0.4 is 5.32 Å². The molecule has 3 fully saturated rings. The van der Waals surface area contributed by atoms with Crippen molar-refractivity contribution in [3.05, 3.63) is 0 Å². The molecule has 3 aliphatic carbocycles. The third-order valence-electron chi connectivity index (χ3n) is 5.05. The normalized spacial score (nSPS) is 37.5. The zero-order valence-corrected chi connectivity index (χ0v) is 9.95. The van der Waals surface area contributed by atoms with Crippen molar-refractivity contribution in [2.24, 2.45) is 17.8 Å². The quantitative estimate of drug-likeness (QED) is 0.782. The molecule has 0 heterocycles. The topological polar surface area (TPSA) is 66.4 Å². The number of hydrogen-bond donors (Lipinski definition) is 2. The van der Waals surface area contributed by atoms with Gasteiger partial charge in [0.05, 0.1) is 0 Å². The molecule has 3 unspecified atom stereocenters. The molecule has 0 aromatic carbocycles.